The highest BCUT2D eigenvalue weighted by Crippen LogP contribution is 2.34. The summed E-state index contributed by atoms with van der Waals surface area (Å²) in [5, 5.41) is 11.2. The van der Waals surface area contributed by atoms with Gasteiger partial charge in [-0.05, 0) is 44.0 Å². The van der Waals surface area contributed by atoms with E-state index in [1.807, 2.05) is 12.1 Å². The second-order valence-electron chi connectivity index (χ2n) is 3.18. The van der Waals surface area contributed by atoms with Gasteiger partial charge in [0.25, 0.3) is 0 Å². The van der Waals surface area contributed by atoms with E-state index in [0.717, 1.165) is 25.2 Å². The molecular weight excluding hydrogens is 454 g/mol. The third-order valence-corrected chi connectivity index (χ3v) is 4.36. The molecule has 0 aromatic heterocycles. The van der Waals surface area contributed by atoms with Gasteiger partial charge in [-0.15, -0.1) is 11.8 Å². The topological polar surface area (TPSA) is 66.4 Å². The number of thioether (sulfide) groups is 1. The first-order chi connectivity index (χ1) is 8.40. The van der Waals surface area contributed by atoms with Crippen molar-refractivity contribution in [2.24, 2.45) is 0 Å². The van der Waals surface area contributed by atoms with Gasteiger partial charge in [-0.1, -0.05) is 15.9 Å². The van der Waals surface area contributed by atoms with Crippen molar-refractivity contribution in [3.05, 3.63) is 25.6 Å². The van der Waals surface area contributed by atoms with Crippen molar-refractivity contribution in [2.75, 3.05) is 16.8 Å². The van der Waals surface area contributed by atoms with Gasteiger partial charge in [0.05, 0.1) is 17.2 Å². The molecule has 8 heteroatoms. The van der Waals surface area contributed by atoms with Crippen molar-refractivity contribution < 1.29 is 14.7 Å². The molecule has 18 heavy (non-hydrogen) atoms. The van der Waals surface area contributed by atoms with Crippen LogP contribution in [0.15, 0.2) is 25.6 Å². The van der Waals surface area contributed by atoms with Crippen LogP contribution < -0.4 is 5.32 Å². The summed E-state index contributed by atoms with van der Waals surface area (Å²) in [4.78, 5) is 21.9. The Balaban J connectivity index is 2.62. The first-order valence-corrected chi connectivity index (χ1v) is 8.17. The minimum atomic E-state index is -0.932. The summed E-state index contributed by atoms with van der Waals surface area (Å²) in [5.74, 6) is -1.17. The fraction of sp³-hybridized carbons (Fsp3) is 0.200. The number of rotatable bonds is 5. The highest BCUT2D eigenvalue weighted by atomic mass is 79.9. The van der Waals surface area contributed by atoms with Crippen LogP contribution >= 0.6 is 59.6 Å². The van der Waals surface area contributed by atoms with Crippen LogP contribution in [-0.4, -0.2) is 28.5 Å². The van der Waals surface area contributed by atoms with Crippen LogP contribution in [0.2, 0.25) is 0 Å². The monoisotopic (exact) mass is 459 g/mol. The molecular formula is C10H8Br3NO3S. The molecule has 0 fully saturated rings. The predicted octanol–water partition coefficient (Wildman–Crippen LogP) is 3.73. The van der Waals surface area contributed by atoms with Crippen molar-refractivity contribution in [3.8, 4) is 0 Å². The molecule has 2 N–H and O–H groups in total. The Morgan fingerprint density at radius 2 is 1.72 bits per heavy atom. The fourth-order valence-electron chi connectivity index (χ4n) is 1.07. The van der Waals surface area contributed by atoms with Gasteiger partial charge in [-0.2, -0.15) is 0 Å². The Morgan fingerprint density at radius 3 is 2.22 bits per heavy atom. The third kappa shape index (κ3) is 5.29. The molecule has 0 aliphatic carbocycles. The second kappa shape index (κ2) is 7.52. The molecule has 4 nitrogen and oxygen atoms in total. The Bertz CT molecular complexity index is 458. The minimum Gasteiger partial charge on any atom is -0.481 e. The molecule has 0 unspecified atom stereocenters. The maximum atomic E-state index is 11.6. The van der Waals surface area contributed by atoms with Crippen molar-refractivity contribution in [3.63, 3.8) is 0 Å². The molecule has 0 bridgehead atoms. The quantitative estimate of drug-likeness (QED) is 0.701. The number of carboxylic acid groups (broad SMARTS) is 1. The van der Waals surface area contributed by atoms with E-state index in [2.05, 4.69) is 53.1 Å². The standard InChI is InChI=1S/C10H8Br3NO3S/c11-5-1-6(12)10(7(13)2-5)14-8(15)3-18-4-9(16)17/h1-2H,3-4H2,(H,14,15)(H,16,17). The van der Waals surface area contributed by atoms with E-state index in [1.165, 1.54) is 0 Å². The minimum absolute atomic E-state index is 0.0872. The lowest BCUT2D eigenvalue weighted by atomic mass is 10.3. The molecule has 0 saturated carbocycles. The number of anilines is 1. The molecule has 0 spiro atoms. The number of halogens is 3. The van der Waals surface area contributed by atoms with Gasteiger partial charge in [-0.3, -0.25) is 9.59 Å². The van der Waals surface area contributed by atoms with Crippen molar-refractivity contribution >= 4 is 77.1 Å². The summed E-state index contributed by atoms with van der Waals surface area (Å²) >= 11 is 11.1. The van der Waals surface area contributed by atoms with E-state index in [9.17, 15) is 9.59 Å². The summed E-state index contributed by atoms with van der Waals surface area (Å²) in [7, 11) is 0. The van der Waals surface area contributed by atoms with Gasteiger partial charge >= 0.3 is 5.97 Å². The highest BCUT2D eigenvalue weighted by molar-refractivity contribution is 9.11. The molecule has 0 atom stereocenters. The second-order valence-corrected chi connectivity index (χ2v) is 6.79. The van der Waals surface area contributed by atoms with E-state index in [1.54, 1.807) is 0 Å². The largest absolute Gasteiger partial charge is 0.481 e. The highest BCUT2D eigenvalue weighted by Gasteiger charge is 2.11. The normalized spacial score (nSPS) is 10.2. The summed E-state index contributed by atoms with van der Waals surface area (Å²) in [6.45, 7) is 0. The molecule has 0 saturated heterocycles. The fourth-order valence-corrected chi connectivity index (χ4v) is 4.06. The number of hydrogen-bond acceptors (Lipinski definition) is 3. The zero-order valence-corrected chi connectivity index (χ0v) is 14.4. The van der Waals surface area contributed by atoms with Crippen LogP contribution in [0.1, 0.15) is 0 Å². The predicted molar refractivity (Wildman–Crippen MR) is 83.1 cm³/mol. The summed E-state index contributed by atoms with van der Waals surface area (Å²) in [6.07, 6.45) is 0. The molecule has 0 heterocycles. The van der Waals surface area contributed by atoms with E-state index < -0.39 is 5.97 Å². The summed E-state index contributed by atoms with van der Waals surface area (Å²) in [6, 6.07) is 3.62. The van der Waals surface area contributed by atoms with Gasteiger partial charge in [-0.25, -0.2) is 0 Å². The molecule has 0 radical (unpaired) electrons. The number of carbonyl (C=O) groups is 2. The van der Waals surface area contributed by atoms with Crippen LogP contribution in [0.4, 0.5) is 5.69 Å². The lowest BCUT2D eigenvalue weighted by Crippen LogP contribution is -2.16. The Morgan fingerprint density at radius 1 is 1.17 bits per heavy atom. The maximum Gasteiger partial charge on any atom is 0.313 e. The molecule has 98 valence electrons. The average Bonchev–Trinajstić information content (AvgIpc) is 2.22. The number of aliphatic carboxylic acids is 1. The molecule has 0 aliphatic rings. The van der Waals surface area contributed by atoms with Crippen LogP contribution in [0, 0.1) is 0 Å². The summed E-state index contributed by atoms with van der Waals surface area (Å²) in [5.41, 5.74) is 0.624. The van der Waals surface area contributed by atoms with Gasteiger partial charge in [0.2, 0.25) is 5.91 Å². The van der Waals surface area contributed by atoms with E-state index in [-0.39, 0.29) is 17.4 Å². The van der Waals surface area contributed by atoms with Crippen LogP contribution in [-0.2, 0) is 9.59 Å². The Kier molecular flexibility index (Phi) is 6.68. The van der Waals surface area contributed by atoms with E-state index >= 15 is 0 Å². The third-order valence-electron chi connectivity index (χ3n) is 1.73. The zero-order valence-electron chi connectivity index (χ0n) is 8.87. The Hall–Kier alpha value is -0.0500. The van der Waals surface area contributed by atoms with E-state index in [4.69, 9.17) is 5.11 Å². The van der Waals surface area contributed by atoms with Crippen molar-refractivity contribution in [2.45, 2.75) is 0 Å². The first kappa shape index (κ1) is 16.0. The molecule has 1 aromatic carbocycles. The molecule has 1 rings (SSSR count). The average molecular weight is 462 g/mol. The van der Waals surface area contributed by atoms with Gasteiger partial charge in [0.15, 0.2) is 0 Å². The number of carbonyl (C=O) groups excluding carboxylic acids is 1. The van der Waals surface area contributed by atoms with Crippen LogP contribution in [0.25, 0.3) is 0 Å². The zero-order chi connectivity index (χ0) is 13.7. The number of nitrogens with one attached hydrogen (secondary N) is 1. The smallest absolute Gasteiger partial charge is 0.313 e. The molecule has 1 amide bonds. The number of carboxylic acids is 1. The Labute approximate surface area is 133 Å². The SMILES string of the molecule is O=C(O)CSCC(=O)Nc1c(Br)cc(Br)cc1Br. The van der Waals surface area contributed by atoms with Crippen molar-refractivity contribution in [1.82, 2.24) is 0 Å². The molecule has 0 aliphatic heterocycles. The lowest BCUT2D eigenvalue weighted by Gasteiger charge is -2.10. The van der Waals surface area contributed by atoms with Crippen molar-refractivity contribution in [1.29, 1.82) is 0 Å². The maximum absolute atomic E-state index is 11.6. The van der Waals surface area contributed by atoms with Gasteiger partial charge < -0.3 is 10.4 Å². The number of amides is 1. The lowest BCUT2D eigenvalue weighted by molar-refractivity contribution is -0.133. The van der Waals surface area contributed by atoms with Gasteiger partial charge in [0.1, 0.15) is 0 Å². The van der Waals surface area contributed by atoms with E-state index in [0.29, 0.717) is 5.69 Å². The number of benzene rings is 1. The van der Waals surface area contributed by atoms with Gasteiger partial charge in [0, 0.05) is 13.4 Å². The summed E-state index contributed by atoms with van der Waals surface area (Å²) < 4.78 is 2.35. The molecule has 1 aromatic rings. The van der Waals surface area contributed by atoms with Crippen LogP contribution in [0.3, 0.4) is 0 Å². The number of hydrogen-bond donors (Lipinski definition) is 2. The first-order valence-electron chi connectivity index (χ1n) is 4.64. The van der Waals surface area contributed by atoms with Crippen LogP contribution in [0.5, 0.6) is 0 Å².